The van der Waals surface area contributed by atoms with Crippen LogP contribution in [0, 0.1) is 0 Å². The van der Waals surface area contributed by atoms with Crippen molar-refractivity contribution in [2.75, 3.05) is 19.5 Å². The molecule has 160 valence electrons. The number of hydrogen-bond donors (Lipinski definition) is 3. The molecule has 31 heavy (non-hydrogen) atoms. The molecule has 0 aliphatic rings. The summed E-state index contributed by atoms with van der Waals surface area (Å²) in [4.78, 5) is 31.8. The van der Waals surface area contributed by atoms with E-state index in [1.54, 1.807) is 42.5 Å². The van der Waals surface area contributed by atoms with Crippen LogP contribution in [0.3, 0.4) is 0 Å². The number of aliphatic carboxylic acids is 1. The van der Waals surface area contributed by atoms with E-state index in [1.807, 2.05) is 0 Å². The number of nitrogens with two attached hydrogens (primary N) is 1. The molecule has 9 nitrogen and oxygen atoms in total. The second-order valence-corrected chi connectivity index (χ2v) is 6.66. The first-order chi connectivity index (χ1) is 14.9. The maximum absolute atomic E-state index is 12.5. The molecule has 0 aliphatic heterocycles. The quantitative estimate of drug-likeness (QED) is 0.503. The molecule has 1 heterocycles. The highest BCUT2D eigenvalue weighted by molar-refractivity contribution is 6.02. The minimum absolute atomic E-state index is 0.155. The molecule has 1 amide bonds. The molecule has 2 aromatic carbocycles. The van der Waals surface area contributed by atoms with E-state index in [4.69, 9.17) is 20.3 Å². The molecule has 9 heteroatoms. The molecular formula is C22H22N4O5. The zero-order valence-electron chi connectivity index (χ0n) is 17.0. The third-order valence-electron chi connectivity index (χ3n) is 4.55. The summed E-state index contributed by atoms with van der Waals surface area (Å²) in [7, 11) is 3.05. The zero-order valence-corrected chi connectivity index (χ0v) is 17.0. The normalized spacial score (nSPS) is 11.5. The standard InChI is InChI=1S/C22H22N4O5/c1-30-19-8-7-15(10-20(19)31-2)26-21(27)18-12-24-17(11-25-18)14-5-3-13(4-6-14)9-16(23)22(28)29/h3-8,10-12,16H,9,23H2,1-2H3,(H,26,27)(H,28,29). The Morgan fingerprint density at radius 2 is 1.74 bits per heavy atom. The lowest BCUT2D eigenvalue weighted by molar-refractivity contribution is -0.138. The third-order valence-corrected chi connectivity index (χ3v) is 4.55. The van der Waals surface area contributed by atoms with E-state index in [0.717, 1.165) is 11.1 Å². The van der Waals surface area contributed by atoms with Crippen molar-refractivity contribution >= 4 is 17.6 Å². The zero-order chi connectivity index (χ0) is 22.4. The number of rotatable bonds is 8. The van der Waals surface area contributed by atoms with E-state index in [0.29, 0.717) is 22.9 Å². The second kappa shape index (κ2) is 9.68. The Labute approximate surface area is 178 Å². The number of carboxylic acids is 1. The van der Waals surface area contributed by atoms with Crippen molar-refractivity contribution in [3.63, 3.8) is 0 Å². The van der Waals surface area contributed by atoms with Crippen LogP contribution in [0.1, 0.15) is 16.1 Å². The van der Waals surface area contributed by atoms with Gasteiger partial charge in [0.15, 0.2) is 11.5 Å². The van der Waals surface area contributed by atoms with E-state index in [9.17, 15) is 9.59 Å². The maximum atomic E-state index is 12.5. The molecule has 1 unspecified atom stereocenters. The van der Waals surface area contributed by atoms with Crippen molar-refractivity contribution < 1.29 is 24.2 Å². The van der Waals surface area contributed by atoms with Crippen LogP contribution in [0.4, 0.5) is 5.69 Å². The van der Waals surface area contributed by atoms with Crippen molar-refractivity contribution in [2.45, 2.75) is 12.5 Å². The van der Waals surface area contributed by atoms with Crippen molar-refractivity contribution in [1.29, 1.82) is 0 Å². The number of ether oxygens (including phenoxy) is 2. The number of anilines is 1. The molecule has 1 atom stereocenters. The molecule has 0 saturated heterocycles. The van der Waals surface area contributed by atoms with Gasteiger partial charge in [0.1, 0.15) is 11.7 Å². The van der Waals surface area contributed by atoms with Gasteiger partial charge >= 0.3 is 5.97 Å². The average Bonchev–Trinajstić information content (AvgIpc) is 2.79. The monoisotopic (exact) mass is 422 g/mol. The smallest absolute Gasteiger partial charge is 0.320 e. The summed E-state index contributed by atoms with van der Waals surface area (Å²) in [6.45, 7) is 0. The average molecular weight is 422 g/mol. The first-order valence-corrected chi connectivity index (χ1v) is 9.34. The Balaban J connectivity index is 1.68. The highest BCUT2D eigenvalue weighted by Gasteiger charge is 2.13. The maximum Gasteiger partial charge on any atom is 0.320 e. The molecule has 4 N–H and O–H groups in total. The van der Waals surface area contributed by atoms with E-state index in [1.165, 1.54) is 26.6 Å². The van der Waals surface area contributed by atoms with Crippen molar-refractivity contribution in [1.82, 2.24) is 9.97 Å². The van der Waals surface area contributed by atoms with Crippen LogP contribution in [0.2, 0.25) is 0 Å². The SMILES string of the molecule is COc1ccc(NC(=O)c2cnc(-c3ccc(CC(N)C(=O)O)cc3)cn2)cc1OC. The van der Waals surface area contributed by atoms with E-state index in [-0.39, 0.29) is 12.1 Å². The molecule has 3 aromatic rings. The van der Waals surface area contributed by atoms with Crippen molar-refractivity contribution in [3.05, 3.63) is 66.1 Å². The van der Waals surface area contributed by atoms with Gasteiger partial charge in [-0.2, -0.15) is 0 Å². The minimum atomic E-state index is -1.04. The first-order valence-electron chi connectivity index (χ1n) is 9.34. The van der Waals surface area contributed by atoms with Crippen molar-refractivity contribution in [3.8, 4) is 22.8 Å². The lowest BCUT2D eigenvalue weighted by Gasteiger charge is -2.10. The number of nitrogens with zero attached hydrogens (tertiary/aromatic N) is 2. The van der Waals surface area contributed by atoms with E-state index >= 15 is 0 Å². The number of amides is 1. The van der Waals surface area contributed by atoms with Gasteiger partial charge < -0.3 is 25.6 Å². The van der Waals surface area contributed by atoms with Gasteiger partial charge in [0.25, 0.3) is 5.91 Å². The number of carbonyl (C=O) groups excluding carboxylic acids is 1. The summed E-state index contributed by atoms with van der Waals surface area (Å²) in [5, 5.41) is 11.6. The highest BCUT2D eigenvalue weighted by atomic mass is 16.5. The number of carboxylic acid groups (broad SMARTS) is 1. The minimum Gasteiger partial charge on any atom is -0.493 e. The Hall–Kier alpha value is -3.98. The van der Waals surface area contributed by atoms with Crippen LogP contribution in [-0.2, 0) is 11.2 Å². The van der Waals surface area contributed by atoms with Gasteiger partial charge in [0.05, 0.1) is 32.3 Å². The molecule has 0 aliphatic carbocycles. The lowest BCUT2D eigenvalue weighted by atomic mass is 10.0. The molecule has 0 radical (unpaired) electrons. The van der Waals surface area contributed by atoms with Crippen LogP contribution >= 0.6 is 0 Å². The van der Waals surface area contributed by atoms with Gasteiger partial charge in [-0.1, -0.05) is 24.3 Å². The van der Waals surface area contributed by atoms with Crippen molar-refractivity contribution in [2.24, 2.45) is 5.73 Å². The van der Waals surface area contributed by atoms with E-state index < -0.39 is 17.9 Å². The molecule has 0 fully saturated rings. The second-order valence-electron chi connectivity index (χ2n) is 6.66. The van der Waals surface area contributed by atoms with Crippen LogP contribution < -0.4 is 20.5 Å². The van der Waals surface area contributed by atoms with Crippen LogP contribution in [-0.4, -0.2) is 47.2 Å². The van der Waals surface area contributed by atoms with Gasteiger partial charge in [-0.25, -0.2) is 4.98 Å². The van der Waals surface area contributed by atoms with Crippen LogP contribution in [0.15, 0.2) is 54.9 Å². The summed E-state index contributed by atoms with van der Waals surface area (Å²) in [6.07, 6.45) is 3.12. The number of hydrogen-bond acceptors (Lipinski definition) is 7. The van der Waals surface area contributed by atoms with Crippen LogP contribution in [0.25, 0.3) is 11.3 Å². The topological polar surface area (TPSA) is 137 Å². The summed E-state index contributed by atoms with van der Waals surface area (Å²) in [5.74, 6) is -0.406. The first kappa shape index (κ1) is 21.7. The van der Waals surface area contributed by atoms with Gasteiger partial charge in [-0.3, -0.25) is 14.6 Å². The number of aromatic nitrogens is 2. The molecule has 3 rings (SSSR count). The summed E-state index contributed by atoms with van der Waals surface area (Å²) >= 11 is 0. The fraction of sp³-hybridized carbons (Fsp3) is 0.182. The number of benzene rings is 2. The fourth-order valence-corrected chi connectivity index (χ4v) is 2.86. The number of nitrogens with one attached hydrogen (secondary N) is 1. The summed E-state index contributed by atoms with van der Waals surface area (Å²) in [5.41, 5.74) is 8.41. The van der Waals surface area contributed by atoms with Crippen LogP contribution in [0.5, 0.6) is 11.5 Å². The van der Waals surface area contributed by atoms with Gasteiger partial charge in [0.2, 0.25) is 0 Å². The molecule has 0 bridgehead atoms. The molecule has 0 spiro atoms. The molecule has 0 saturated carbocycles. The predicted octanol–water partition coefficient (Wildman–Crippen LogP) is 2.37. The Morgan fingerprint density at radius 3 is 2.32 bits per heavy atom. The third kappa shape index (κ3) is 5.34. The van der Waals surface area contributed by atoms with Gasteiger partial charge in [-0.15, -0.1) is 0 Å². The predicted molar refractivity (Wildman–Crippen MR) is 114 cm³/mol. The Kier molecular flexibility index (Phi) is 6.78. The lowest BCUT2D eigenvalue weighted by Crippen LogP contribution is -2.32. The fourth-order valence-electron chi connectivity index (χ4n) is 2.86. The molecular weight excluding hydrogens is 400 g/mol. The van der Waals surface area contributed by atoms with Gasteiger partial charge in [-0.05, 0) is 24.1 Å². The Morgan fingerprint density at radius 1 is 1.03 bits per heavy atom. The Bertz CT molecular complexity index is 1070. The number of methoxy groups -OCH3 is 2. The van der Waals surface area contributed by atoms with Gasteiger partial charge in [0, 0.05) is 17.3 Å². The molecule has 1 aromatic heterocycles. The summed E-state index contributed by atoms with van der Waals surface area (Å²) < 4.78 is 10.4. The highest BCUT2D eigenvalue weighted by Crippen LogP contribution is 2.29. The largest absolute Gasteiger partial charge is 0.493 e. The number of carbonyl (C=O) groups is 2. The van der Waals surface area contributed by atoms with E-state index in [2.05, 4.69) is 15.3 Å². The summed E-state index contributed by atoms with van der Waals surface area (Å²) in [6, 6.07) is 11.3.